The molecule has 1 aromatic carbocycles. The van der Waals surface area contributed by atoms with Gasteiger partial charge in [0.15, 0.2) is 0 Å². The quantitative estimate of drug-likeness (QED) is 0.865. The standard InChI is InChI=1S/C14H17ClFNO3S/c1-8-3-4-11(5-8)17-14(18)10-6-9(2)13(16)12(7-10)21(15,19)20/h6-8,11H,3-5H2,1-2H3,(H,17,18). The molecule has 1 fully saturated rings. The van der Waals surface area contributed by atoms with Gasteiger partial charge in [-0.15, -0.1) is 0 Å². The van der Waals surface area contributed by atoms with Crippen LogP contribution < -0.4 is 5.32 Å². The Morgan fingerprint density at radius 2 is 2.05 bits per heavy atom. The van der Waals surface area contributed by atoms with E-state index in [-0.39, 0.29) is 17.2 Å². The van der Waals surface area contributed by atoms with Crippen LogP contribution in [0.25, 0.3) is 0 Å². The van der Waals surface area contributed by atoms with Gasteiger partial charge in [0.1, 0.15) is 10.7 Å². The van der Waals surface area contributed by atoms with Crippen molar-refractivity contribution in [2.24, 2.45) is 5.92 Å². The molecule has 0 radical (unpaired) electrons. The third kappa shape index (κ3) is 3.74. The minimum atomic E-state index is -4.23. The number of hydrogen-bond donors (Lipinski definition) is 1. The third-order valence-corrected chi connectivity index (χ3v) is 5.10. The summed E-state index contributed by atoms with van der Waals surface area (Å²) in [6.45, 7) is 3.52. The van der Waals surface area contributed by atoms with Crippen molar-refractivity contribution in [3.63, 3.8) is 0 Å². The molecule has 1 saturated carbocycles. The highest BCUT2D eigenvalue weighted by Gasteiger charge is 2.25. The maximum Gasteiger partial charge on any atom is 0.264 e. The third-order valence-electron chi connectivity index (χ3n) is 3.78. The van der Waals surface area contributed by atoms with Crippen LogP contribution in [0, 0.1) is 18.7 Å². The first kappa shape index (κ1) is 16.2. The Hall–Kier alpha value is -1.14. The second-order valence-electron chi connectivity index (χ2n) is 5.63. The maximum atomic E-state index is 13.8. The van der Waals surface area contributed by atoms with E-state index >= 15 is 0 Å². The van der Waals surface area contributed by atoms with E-state index in [1.807, 2.05) is 0 Å². The van der Waals surface area contributed by atoms with E-state index in [0.717, 1.165) is 25.3 Å². The van der Waals surface area contributed by atoms with Crippen molar-refractivity contribution in [3.05, 3.63) is 29.1 Å². The molecule has 21 heavy (non-hydrogen) atoms. The van der Waals surface area contributed by atoms with E-state index in [4.69, 9.17) is 10.7 Å². The highest BCUT2D eigenvalue weighted by atomic mass is 35.7. The van der Waals surface area contributed by atoms with Crippen LogP contribution in [0.5, 0.6) is 0 Å². The maximum absolute atomic E-state index is 13.8. The van der Waals surface area contributed by atoms with Crippen LogP contribution in [0.2, 0.25) is 0 Å². The van der Waals surface area contributed by atoms with Crippen LogP contribution in [0.1, 0.15) is 42.1 Å². The highest BCUT2D eigenvalue weighted by molar-refractivity contribution is 8.13. The molecule has 4 nitrogen and oxygen atoms in total. The first-order chi connectivity index (χ1) is 9.68. The molecule has 2 unspecified atom stereocenters. The fourth-order valence-corrected chi connectivity index (χ4v) is 3.63. The summed E-state index contributed by atoms with van der Waals surface area (Å²) in [6, 6.07) is 2.39. The molecule has 116 valence electrons. The fraction of sp³-hybridized carbons (Fsp3) is 0.500. The van der Waals surface area contributed by atoms with Gasteiger partial charge in [0, 0.05) is 22.3 Å². The number of carbonyl (C=O) groups is 1. The van der Waals surface area contributed by atoms with Crippen molar-refractivity contribution in [3.8, 4) is 0 Å². The second kappa shape index (κ2) is 5.93. The van der Waals surface area contributed by atoms with Gasteiger partial charge in [0.25, 0.3) is 15.0 Å². The van der Waals surface area contributed by atoms with E-state index in [1.165, 1.54) is 13.0 Å². The number of hydrogen-bond acceptors (Lipinski definition) is 3. The Kier molecular flexibility index (Phi) is 4.58. The predicted octanol–water partition coefficient (Wildman–Crippen LogP) is 2.98. The van der Waals surface area contributed by atoms with Crippen LogP contribution >= 0.6 is 10.7 Å². The fourth-order valence-electron chi connectivity index (χ4n) is 2.65. The average Bonchev–Trinajstić information content (AvgIpc) is 2.76. The molecule has 7 heteroatoms. The van der Waals surface area contributed by atoms with E-state index < -0.39 is 25.7 Å². The van der Waals surface area contributed by atoms with Gasteiger partial charge in [-0.3, -0.25) is 4.79 Å². The SMILES string of the molecule is Cc1cc(C(=O)NC2CCC(C)C2)cc(S(=O)(=O)Cl)c1F. The van der Waals surface area contributed by atoms with Gasteiger partial charge in [-0.25, -0.2) is 12.8 Å². The van der Waals surface area contributed by atoms with E-state index in [2.05, 4.69) is 12.2 Å². The molecule has 0 aliphatic heterocycles. The van der Waals surface area contributed by atoms with Gasteiger partial charge in [-0.05, 0) is 49.8 Å². The van der Waals surface area contributed by atoms with Gasteiger partial charge in [-0.1, -0.05) is 6.92 Å². The summed E-state index contributed by atoms with van der Waals surface area (Å²) in [5.74, 6) is -0.765. The molecule has 0 aromatic heterocycles. The van der Waals surface area contributed by atoms with Gasteiger partial charge in [0.2, 0.25) is 0 Å². The Morgan fingerprint density at radius 3 is 2.57 bits per heavy atom. The summed E-state index contributed by atoms with van der Waals surface area (Å²) in [4.78, 5) is 11.5. The lowest BCUT2D eigenvalue weighted by atomic mass is 10.1. The van der Waals surface area contributed by atoms with Gasteiger partial charge >= 0.3 is 0 Å². The molecule has 1 aromatic rings. The minimum absolute atomic E-state index is 0.0710. The van der Waals surface area contributed by atoms with Crippen LogP contribution in [-0.4, -0.2) is 20.4 Å². The first-order valence-corrected chi connectivity index (χ1v) is 9.05. The summed E-state index contributed by atoms with van der Waals surface area (Å²) < 4.78 is 36.5. The summed E-state index contributed by atoms with van der Waals surface area (Å²) >= 11 is 0. The molecular weight excluding hydrogens is 317 g/mol. The van der Waals surface area contributed by atoms with Crippen LogP contribution in [0.15, 0.2) is 17.0 Å². The monoisotopic (exact) mass is 333 g/mol. The molecule has 0 heterocycles. The molecule has 2 rings (SSSR count). The predicted molar refractivity (Wildman–Crippen MR) is 78.4 cm³/mol. The zero-order valence-electron chi connectivity index (χ0n) is 11.8. The van der Waals surface area contributed by atoms with Crippen LogP contribution in [0.3, 0.4) is 0 Å². The van der Waals surface area contributed by atoms with Crippen LogP contribution in [0.4, 0.5) is 4.39 Å². The zero-order valence-corrected chi connectivity index (χ0v) is 13.4. The van der Waals surface area contributed by atoms with Crippen molar-refractivity contribution in [1.82, 2.24) is 5.32 Å². The van der Waals surface area contributed by atoms with Crippen molar-refractivity contribution >= 4 is 25.6 Å². The van der Waals surface area contributed by atoms with E-state index in [1.54, 1.807) is 0 Å². The topological polar surface area (TPSA) is 63.2 Å². The van der Waals surface area contributed by atoms with Crippen molar-refractivity contribution < 1.29 is 17.6 Å². The molecule has 1 aliphatic carbocycles. The summed E-state index contributed by atoms with van der Waals surface area (Å²) in [7, 11) is 0.972. The molecule has 1 amide bonds. The van der Waals surface area contributed by atoms with Crippen molar-refractivity contribution in [2.75, 3.05) is 0 Å². The Balaban J connectivity index is 2.28. The highest BCUT2D eigenvalue weighted by Crippen LogP contribution is 2.26. The Morgan fingerprint density at radius 1 is 1.38 bits per heavy atom. The molecule has 1 N–H and O–H groups in total. The number of carbonyl (C=O) groups excluding carboxylic acids is 1. The summed E-state index contributed by atoms with van der Waals surface area (Å²) in [5.41, 5.74) is 0.175. The summed E-state index contributed by atoms with van der Waals surface area (Å²) in [5, 5.41) is 2.85. The van der Waals surface area contributed by atoms with E-state index in [0.29, 0.717) is 5.92 Å². The van der Waals surface area contributed by atoms with Crippen molar-refractivity contribution in [1.29, 1.82) is 0 Å². The Labute approximate surface area is 128 Å². The largest absolute Gasteiger partial charge is 0.349 e. The number of nitrogens with one attached hydrogen (secondary N) is 1. The Bertz CT molecular complexity index is 675. The molecule has 1 aliphatic rings. The number of rotatable bonds is 3. The first-order valence-electron chi connectivity index (χ1n) is 6.74. The lowest BCUT2D eigenvalue weighted by molar-refractivity contribution is 0.0937. The number of aryl methyl sites for hydroxylation is 1. The number of benzene rings is 1. The second-order valence-corrected chi connectivity index (χ2v) is 8.17. The normalized spacial score (nSPS) is 22.3. The molecule has 0 spiro atoms. The van der Waals surface area contributed by atoms with E-state index in [9.17, 15) is 17.6 Å². The lowest BCUT2D eigenvalue weighted by Crippen LogP contribution is -2.33. The van der Waals surface area contributed by atoms with Gasteiger partial charge < -0.3 is 5.32 Å². The number of halogens is 2. The molecule has 2 atom stereocenters. The smallest absolute Gasteiger partial charge is 0.264 e. The van der Waals surface area contributed by atoms with Gasteiger partial charge in [0.05, 0.1) is 0 Å². The van der Waals surface area contributed by atoms with Gasteiger partial charge in [-0.2, -0.15) is 0 Å². The lowest BCUT2D eigenvalue weighted by Gasteiger charge is -2.13. The summed E-state index contributed by atoms with van der Waals surface area (Å²) in [6.07, 6.45) is 2.84. The molecule has 0 bridgehead atoms. The van der Waals surface area contributed by atoms with Crippen LogP contribution in [-0.2, 0) is 9.05 Å². The number of amides is 1. The minimum Gasteiger partial charge on any atom is -0.349 e. The molecule has 0 saturated heterocycles. The van der Waals surface area contributed by atoms with Crippen molar-refractivity contribution in [2.45, 2.75) is 44.0 Å². The zero-order chi connectivity index (χ0) is 15.8. The molecular formula is C14H17ClFNO3S. The average molecular weight is 334 g/mol.